The highest BCUT2D eigenvalue weighted by Crippen LogP contribution is 2.29. The van der Waals surface area contributed by atoms with E-state index >= 15 is 0 Å². The number of carboxylic acid groups (broad SMARTS) is 1. The van der Waals surface area contributed by atoms with Crippen LogP contribution in [0, 0.1) is 11.3 Å². The van der Waals surface area contributed by atoms with Gasteiger partial charge in [-0.2, -0.15) is 0 Å². The summed E-state index contributed by atoms with van der Waals surface area (Å²) in [6.07, 6.45) is 0. The zero-order chi connectivity index (χ0) is 13.9. The molecule has 0 aromatic rings. The van der Waals surface area contributed by atoms with Crippen molar-refractivity contribution >= 4 is 11.9 Å². The SMILES string of the molecule is CC(C)(C)C(C(=O)O)C(=O)N1CCOCC1CO. The first-order valence-electron chi connectivity index (χ1n) is 6.01. The van der Waals surface area contributed by atoms with E-state index < -0.39 is 29.3 Å². The third kappa shape index (κ3) is 3.20. The lowest BCUT2D eigenvalue weighted by atomic mass is 9.79. The molecule has 0 spiro atoms. The van der Waals surface area contributed by atoms with Gasteiger partial charge in [0.15, 0.2) is 0 Å². The molecule has 1 aliphatic rings. The van der Waals surface area contributed by atoms with E-state index in [0.717, 1.165) is 0 Å². The highest BCUT2D eigenvalue weighted by molar-refractivity contribution is 5.98. The van der Waals surface area contributed by atoms with Crippen LogP contribution < -0.4 is 0 Å². The van der Waals surface area contributed by atoms with Gasteiger partial charge < -0.3 is 19.8 Å². The predicted molar refractivity (Wildman–Crippen MR) is 64.0 cm³/mol. The molecule has 0 radical (unpaired) electrons. The predicted octanol–water partition coefficient (Wildman–Crippen LogP) is -0.0470. The first-order valence-corrected chi connectivity index (χ1v) is 6.01. The normalized spacial score (nSPS) is 22.7. The van der Waals surface area contributed by atoms with Crippen LogP contribution in [0.2, 0.25) is 0 Å². The number of ether oxygens (including phenoxy) is 1. The molecule has 6 heteroatoms. The number of carboxylic acids is 1. The zero-order valence-electron chi connectivity index (χ0n) is 11.0. The van der Waals surface area contributed by atoms with E-state index in [9.17, 15) is 19.8 Å². The molecule has 1 rings (SSSR count). The van der Waals surface area contributed by atoms with Crippen LogP contribution in [0.1, 0.15) is 20.8 Å². The summed E-state index contributed by atoms with van der Waals surface area (Å²) in [5.74, 6) is -2.68. The summed E-state index contributed by atoms with van der Waals surface area (Å²) in [6, 6.07) is -0.449. The fourth-order valence-corrected chi connectivity index (χ4v) is 2.11. The smallest absolute Gasteiger partial charge is 0.316 e. The summed E-state index contributed by atoms with van der Waals surface area (Å²) in [7, 11) is 0. The van der Waals surface area contributed by atoms with Crippen molar-refractivity contribution in [2.24, 2.45) is 11.3 Å². The Hall–Kier alpha value is -1.14. The summed E-state index contributed by atoms with van der Waals surface area (Å²) in [5.41, 5.74) is -0.665. The number of hydrogen-bond donors (Lipinski definition) is 2. The molecule has 1 aliphatic heterocycles. The fourth-order valence-electron chi connectivity index (χ4n) is 2.11. The maximum absolute atomic E-state index is 12.3. The quantitative estimate of drug-likeness (QED) is 0.694. The summed E-state index contributed by atoms with van der Waals surface area (Å²) in [4.78, 5) is 25.0. The topological polar surface area (TPSA) is 87.1 Å². The highest BCUT2D eigenvalue weighted by atomic mass is 16.5. The summed E-state index contributed by atoms with van der Waals surface area (Å²) in [6.45, 7) is 5.89. The van der Waals surface area contributed by atoms with E-state index in [1.54, 1.807) is 20.8 Å². The number of nitrogens with zero attached hydrogens (tertiary/aromatic N) is 1. The third-order valence-corrected chi connectivity index (χ3v) is 3.08. The van der Waals surface area contributed by atoms with Crippen LogP contribution in [-0.4, -0.2) is 59.4 Å². The van der Waals surface area contributed by atoms with Gasteiger partial charge in [-0.25, -0.2) is 0 Å². The Morgan fingerprint density at radius 1 is 1.44 bits per heavy atom. The first kappa shape index (κ1) is 14.9. The van der Waals surface area contributed by atoms with Crippen molar-refractivity contribution in [3.05, 3.63) is 0 Å². The Labute approximate surface area is 107 Å². The van der Waals surface area contributed by atoms with Gasteiger partial charge in [0.05, 0.1) is 25.9 Å². The first-order chi connectivity index (χ1) is 8.29. The van der Waals surface area contributed by atoms with Crippen LogP contribution in [0.15, 0.2) is 0 Å². The van der Waals surface area contributed by atoms with Crippen molar-refractivity contribution < 1.29 is 24.5 Å². The number of carbonyl (C=O) groups is 2. The molecule has 0 aromatic carbocycles. The van der Waals surface area contributed by atoms with Crippen molar-refractivity contribution in [2.75, 3.05) is 26.4 Å². The van der Waals surface area contributed by atoms with Crippen molar-refractivity contribution in [3.63, 3.8) is 0 Å². The Kier molecular flexibility index (Phi) is 4.70. The summed E-state index contributed by atoms with van der Waals surface area (Å²) in [5, 5.41) is 18.4. The Morgan fingerprint density at radius 3 is 2.50 bits per heavy atom. The second kappa shape index (κ2) is 5.67. The lowest BCUT2D eigenvalue weighted by Gasteiger charge is -2.38. The number of hydrogen-bond acceptors (Lipinski definition) is 4. The molecule has 0 aliphatic carbocycles. The molecule has 18 heavy (non-hydrogen) atoms. The highest BCUT2D eigenvalue weighted by Gasteiger charge is 2.42. The Balaban J connectivity index is 2.91. The average Bonchev–Trinajstić information content (AvgIpc) is 2.26. The minimum atomic E-state index is -1.13. The number of aliphatic hydroxyl groups excluding tert-OH is 1. The van der Waals surface area contributed by atoms with E-state index in [1.165, 1.54) is 4.90 Å². The second-order valence-corrected chi connectivity index (χ2v) is 5.58. The molecule has 1 heterocycles. The Bertz CT molecular complexity index is 323. The van der Waals surface area contributed by atoms with Gasteiger partial charge >= 0.3 is 5.97 Å². The maximum atomic E-state index is 12.3. The van der Waals surface area contributed by atoms with Crippen LogP contribution in [-0.2, 0) is 14.3 Å². The number of carbonyl (C=O) groups excluding carboxylic acids is 1. The largest absolute Gasteiger partial charge is 0.481 e. The Morgan fingerprint density at radius 2 is 2.06 bits per heavy atom. The molecule has 1 amide bonds. The van der Waals surface area contributed by atoms with Gasteiger partial charge in [0.2, 0.25) is 5.91 Å². The van der Waals surface area contributed by atoms with Crippen molar-refractivity contribution in [2.45, 2.75) is 26.8 Å². The lowest BCUT2D eigenvalue weighted by molar-refractivity contribution is -0.161. The van der Waals surface area contributed by atoms with Crippen molar-refractivity contribution in [1.29, 1.82) is 0 Å². The zero-order valence-corrected chi connectivity index (χ0v) is 11.0. The van der Waals surface area contributed by atoms with Gasteiger partial charge in [-0.05, 0) is 5.41 Å². The van der Waals surface area contributed by atoms with Gasteiger partial charge in [0.1, 0.15) is 5.92 Å². The second-order valence-electron chi connectivity index (χ2n) is 5.58. The molecule has 0 aromatic heterocycles. The number of morpholine rings is 1. The molecule has 0 bridgehead atoms. The molecule has 0 saturated carbocycles. The third-order valence-electron chi connectivity index (χ3n) is 3.08. The van der Waals surface area contributed by atoms with Gasteiger partial charge in [-0.3, -0.25) is 9.59 Å². The van der Waals surface area contributed by atoms with Gasteiger partial charge in [0.25, 0.3) is 0 Å². The fraction of sp³-hybridized carbons (Fsp3) is 0.833. The molecular formula is C12H21NO5. The average molecular weight is 259 g/mol. The lowest BCUT2D eigenvalue weighted by Crippen LogP contribution is -2.55. The van der Waals surface area contributed by atoms with E-state index in [4.69, 9.17) is 4.74 Å². The molecule has 2 unspecified atom stereocenters. The molecular weight excluding hydrogens is 238 g/mol. The molecule has 1 saturated heterocycles. The van der Waals surface area contributed by atoms with Crippen LogP contribution in [0.5, 0.6) is 0 Å². The minimum Gasteiger partial charge on any atom is -0.481 e. The molecule has 2 N–H and O–H groups in total. The number of amides is 1. The monoisotopic (exact) mass is 259 g/mol. The number of aliphatic carboxylic acids is 1. The summed E-state index contributed by atoms with van der Waals surface area (Å²) < 4.78 is 5.18. The van der Waals surface area contributed by atoms with Gasteiger partial charge in [0, 0.05) is 6.54 Å². The maximum Gasteiger partial charge on any atom is 0.316 e. The molecule has 2 atom stereocenters. The van der Waals surface area contributed by atoms with Crippen LogP contribution in [0.25, 0.3) is 0 Å². The molecule has 1 fully saturated rings. The van der Waals surface area contributed by atoms with Gasteiger partial charge in [-0.1, -0.05) is 20.8 Å². The summed E-state index contributed by atoms with van der Waals surface area (Å²) >= 11 is 0. The number of rotatable bonds is 3. The number of aliphatic hydroxyl groups is 1. The van der Waals surface area contributed by atoms with Crippen LogP contribution >= 0.6 is 0 Å². The van der Waals surface area contributed by atoms with E-state index in [1.807, 2.05) is 0 Å². The van der Waals surface area contributed by atoms with E-state index in [2.05, 4.69) is 0 Å². The van der Waals surface area contributed by atoms with Crippen molar-refractivity contribution in [3.8, 4) is 0 Å². The van der Waals surface area contributed by atoms with Gasteiger partial charge in [-0.15, -0.1) is 0 Å². The van der Waals surface area contributed by atoms with E-state index in [0.29, 0.717) is 13.2 Å². The molecule has 6 nitrogen and oxygen atoms in total. The van der Waals surface area contributed by atoms with E-state index in [-0.39, 0.29) is 13.2 Å². The van der Waals surface area contributed by atoms with Crippen LogP contribution in [0.4, 0.5) is 0 Å². The van der Waals surface area contributed by atoms with Crippen LogP contribution in [0.3, 0.4) is 0 Å². The van der Waals surface area contributed by atoms with Crippen molar-refractivity contribution in [1.82, 2.24) is 4.90 Å². The minimum absolute atomic E-state index is 0.220. The molecule has 104 valence electrons. The standard InChI is InChI=1S/C12H21NO5/c1-12(2,3)9(11(16)17)10(15)13-4-5-18-7-8(13)6-14/h8-9,14H,4-7H2,1-3H3,(H,16,17).